The molecule has 0 bridgehead atoms. The van der Waals surface area contributed by atoms with Gasteiger partial charge in [0.1, 0.15) is 11.4 Å². The molecule has 1 amide bonds. The molecule has 0 unspecified atom stereocenters. The Morgan fingerprint density at radius 3 is 2.44 bits per heavy atom. The minimum Gasteiger partial charge on any atom is -0.507 e. The largest absolute Gasteiger partial charge is 0.507 e. The quantitative estimate of drug-likeness (QED) is 0.274. The van der Waals surface area contributed by atoms with Crippen LogP contribution in [0.25, 0.3) is 33.8 Å². The van der Waals surface area contributed by atoms with Gasteiger partial charge in [0.25, 0.3) is 0 Å². The highest BCUT2D eigenvalue weighted by atomic mass is 32.1. The van der Waals surface area contributed by atoms with Crippen molar-refractivity contribution in [2.75, 3.05) is 5.32 Å². The molecule has 0 atom stereocenters. The summed E-state index contributed by atoms with van der Waals surface area (Å²) < 4.78 is 6.10. The molecule has 6 heteroatoms. The zero-order chi connectivity index (χ0) is 22.5. The van der Waals surface area contributed by atoms with E-state index in [1.807, 2.05) is 67.6 Å². The standard InChI is InChI=1S/C26H24N2O3S/c1-2-3-15-23(30)27-26-24(17-9-8-10-18(32)16-17)28-25(31-26)21-13-5-4-11-19(21)20-12-6-7-14-22(20)29/h4-14,16,29,32H,2-3,15H2,1H3,(H,27,30). The fraction of sp³-hybridized carbons (Fsp3) is 0.154. The van der Waals surface area contributed by atoms with Gasteiger partial charge in [-0.25, -0.2) is 4.98 Å². The molecule has 2 N–H and O–H groups in total. The summed E-state index contributed by atoms with van der Waals surface area (Å²) in [6.45, 7) is 2.04. The van der Waals surface area contributed by atoms with Crippen molar-refractivity contribution in [2.24, 2.45) is 0 Å². The molecule has 0 aliphatic carbocycles. The first kappa shape index (κ1) is 21.7. The summed E-state index contributed by atoms with van der Waals surface area (Å²) in [5.41, 5.74) is 3.50. The average Bonchev–Trinajstić information content (AvgIpc) is 3.21. The first-order chi connectivity index (χ1) is 15.6. The van der Waals surface area contributed by atoms with Crippen molar-refractivity contribution in [3.63, 3.8) is 0 Å². The second kappa shape index (κ2) is 9.75. The average molecular weight is 445 g/mol. The van der Waals surface area contributed by atoms with E-state index in [9.17, 15) is 9.90 Å². The van der Waals surface area contributed by atoms with E-state index in [0.717, 1.165) is 28.9 Å². The number of rotatable bonds is 7. The number of benzene rings is 3. The van der Waals surface area contributed by atoms with Crippen molar-refractivity contribution >= 4 is 24.4 Å². The van der Waals surface area contributed by atoms with Gasteiger partial charge in [-0.15, -0.1) is 12.6 Å². The summed E-state index contributed by atoms with van der Waals surface area (Å²) in [5, 5.41) is 13.3. The molecule has 3 aromatic carbocycles. The number of hydrogen-bond acceptors (Lipinski definition) is 5. The van der Waals surface area contributed by atoms with Crippen LogP contribution in [0.4, 0.5) is 5.88 Å². The van der Waals surface area contributed by atoms with E-state index in [2.05, 4.69) is 17.9 Å². The highest BCUT2D eigenvalue weighted by Crippen LogP contribution is 2.39. The molecule has 32 heavy (non-hydrogen) atoms. The van der Waals surface area contributed by atoms with E-state index in [1.54, 1.807) is 12.1 Å². The second-order valence-electron chi connectivity index (χ2n) is 7.46. The van der Waals surface area contributed by atoms with E-state index < -0.39 is 0 Å². The lowest BCUT2D eigenvalue weighted by Crippen LogP contribution is -2.11. The molecule has 0 aliphatic heterocycles. The van der Waals surface area contributed by atoms with Crippen molar-refractivity contribution < 1.29 is 14.3 Å². The molecule has 0 fully saturated rings. The lowest BCUT2D eigenvalue weighted by Gasteiger charge is -2.08. The minimum atomic E-state index is -0.119. The van der Waals surface area contributed by atoms with Crippen molar-refractivity contribution in [3.05, 3.63) is 72.8 Å². The molecule has 5 nitrogen and oxygen atoms in total. The zero-order valence-electron chi connectivity index (χ0n) is 17.7. The number of nitrogens with zero attached hydrogens (tertiary/aromatic N) is 1. The number of anilines is 1. The summed E-state index contributed by atoms with van der Waals surface area (Å²) in [5.74, 6) is 0.704. The topological polar surface area (TPSA) is 75.4 Å². The highest BCUT2D eigenvalue weighted by molar-refractivity contribution is 7.80. The maximum atomic E-state index is 12.5. The van der Waals surface area contributed by atoms with Gasteiger partial charge in [0.15, 0.2) is 0 Å². The Kier molecular flexibility index (Phi) is 6.61. The number of carbonyl (C=O) groups excluding carboxylic acids is 1. The van der Waals surface area contributed by atoms with Crippen LogP contribution < -0.4 is 5.32 Å². The van der Waals surface area contributed by atoms with Crippen LogP contribution in [-0.2, 0) is 4.79 Å². The van der Waals surface area contributed by atoms with Gasteiger partial charge in [0, 0.05) is 28.0 Å². The normalized spacial score (nSPS) is 10.8. The fourth-order valence-electron chi connectivity index (χ4n) is 3.50. The number of aromatic hydroxyl groups is 1. The third kappa shape index (κ3) is 4.70. The third-order valence-electron chi connectivity index (χ3n) is 5.11. The second-order valence-corrected chi connectivity index (χ2v) is 7.98. The molecule has 1 aromatic heterocycles. The Balaban J connectivity index is 1.82. The number of aromatic nitrogens is 1. The Morgan fingerprint density at radius 2 is 1.72 bits per heavy atom. The van der Waals surface area contributed by atoms with Crippen LogP contribution in [0.1, 0.15) is 26.2 Å². The number of nitrogens with one attached hydrogen (secondary N) is 1. The van der Waals surface area contributed by atoms with E-state index in [1.165, 1.54) is 0 Å². The summed E-state index contributed by atoms with van der Waals surface area (Å²) >= 11 is 4.43. The first-order valence-corrected chi connectivity index (χ1v) is 11.0. The fourth-order valence-corrected chi connectivity index (χ4v) is 3.73. The highest BCUT2D eigenvalue weighted by Gasteiger charge is 2.21. The van der Waals surface area contributed by atoms with Gasteiger partial charge >= 0.3 is 0 Å². The van der Waals surface area contributed by atoms with E-state index in [4.69, 9.17) is 9.40 Å². The van der Waals surface area contributed by atoms with Crippen molar-refractivity contribution in [2.45, 2.75) is 31.1 Å². The van der Waals surface area contributed by atoms with Gasteiger partial charge in [-0.3, -0.25) is 10.1 Å². The van der Waals surface area contributed by atoms with Crippen molar-refractivity contribution in [1.29, 1.82) is 0 Å². The minimum absolute atomic E-state index is 0.119. The maximum Gasteiger partial charge on any atom is 0.229 e. The molecule has 0 spiro atoms. The van der Waals surface area contributed by atoms with Crippen LogP contribution in [0.15, 0.2) is 82.1 Å². The number of phenolic OH excluding ortho intramolecular Hbond substituents is 1. The molecule has 0 saturated heterocycles. The number of hydrogen-bond donors (Lipinski definition) is 3. The summed E-state index contributed by atoms with van der Waals surface area (Å²) in [7, 11) is 0. The first-order valence-electron chi connectivity index (χ1n) is 10.5. The van der Waals surface area contributed by atoms with Crippen LogP contribution in [0, 0.1) is 0 Å². The number of para-hydroxylation sites is 1. The molecule has 0 radical (unpaired) electrons. The summed E-state index contributed by atoms with van der Waals surface area (Å²) in [6, 6.07) is 22.2. The van der Waals surface area contributed by atoms with Crippen molar-refractivity contribution in [3.8, 4) is 39.6 Å². The maximum absolute atomic E-state index is 12.5. The Bertz CT molecular complexity index is 1250. The molecular weight excluding hydrogens is 420 g/mol. The molecule has 162 valence electrons. The van der Waals surface area contributed by atoms with E-state index in [-0.39, 0.29) is 11.7 Å². The van der Waals surface area contributed by atoms with Crippen LogP contribution in [0.3, 0.4) is 0 Å². The number of amides is 1. The lowest BCUT2D eigenvalue weighted by molar-refractivity contribution is -0.116. The number of carbonyl (C=O) groups is 1. The Morgan fingerprint density at radius 1 is 1.00 bits per heavy atom. The van der Waals surface area contributed by atoms with E-state index in [0.29, 0.717) is 35.0 Å². The Hall–Kier alpha value is -3.51. The smallest absolute Gasteiger partial charge is 0.229 e. The summed E-state index contributed by atoms with van der Waals surface area (Å²) in [6.07, 6.45) is 2.13. The lowest BCUT2D eigenvalue weighted by atomic mass is 9.99. The molecule has 4 aromatic rings. The van der Waals surface area contributed by atoms with Gasteiger partial charge in [-0.05, 0) is 36.2 Å². The SMILES string of the molecule is CCCCC(=O)Nc1oc(-c2ccccc2-c2ccccc2O)nc1-c1cccc(S)c1. The van der Waals surface area contributed by atoms with Crippen LogP contribution in [-0.4, -0.2) is 16.0 Å². The number of oxazole rings is 1. The van der Waals surface area contributed by atoms with Crippen molar-refractivity contribution in [1.82, 2.24) is 4.98 Å². The number of phenols is 1. The van der Waals surface area contributed by atoms with Crippen LogP contribution >= 0.6 is 12.6 Å². The van der Waals surface area contributed by atoms with Crippen LogP contribution in [0.5, 0.6) is 5.75 Å². The van der Waals surface area contributed by atoms with Gasteiger partial charge in [0.2, 0.25) is 17.7 Å². The molecule has 0 saturated carbocycles. The predicted octanol–water partition coefficient (Wildman–Crippen LogP) is 6.80. The van der Waals surface area contributed by atoms with Gasteiger partial charge < -0.3 is 9.52 Å². The monoisotopic (exact) mass is 444 g/mol. The number of unbranched alkanes of at least 4 members (excludes halogenated alkanes) is 1. The van der Waals surface area contributed by atoms with Gasteiger partial charge in [-0.2, -0.15) is 0 Å². The molecular formula is C26H24N2O3S. The number of thiol groups is 1. The Labute approximate surface area is 192 Å². The molecule has 1 heterocycles. The third-order valence-corrected chi connectivity index (χ3v) is 5.39. The zero-order valence-corrected chi connectivity index (χ0v) is 18.6. The van der Waals surface area contributed by atoms with Gasteiger partial charge in [0.05, 0.1) is 0 Å². The van der Waals surface area contributed by atoms with Gasteiger partial charge in [-0.1, -0.05) is 61.9 Å². The van der Waals surface area contributed by atoms with Crippen LogP contribution in [0.2, 0.25) is 0 Å². The van der Waals surface area contributed by atoms with E-state index >= 15 is 0 Å². The summed E-state index contributed by atoms with van der Waals surface area (Å²) in [4.78, 5) is 18.0. The predicted molar refractivity (Wildman–Crippen MR) is 130 cm³/mol. The molecule has 0 aliphatic rings. The molecule has 4 rings (SSSR count).